The number of fused-ring (bicyclic) bond motifs is 1. The van der Waals surface area contributed by atoms with Crippen LogP contribution in [0.15, 0.2) is 18.5 Å². The van der Waals surface area contributed by atoms with Crippen molar-refractivity contribution in [3.8, 4) is 0 Å². The predicted molar refractivity (Wildman–Crippen MR) is 57.7 cm³/mol. The minimum absolute atomic E-state index is 0.0106. The monoisotopic (exact) mass is 203 g/mol. The normalized spacial score (nSPS) is 22.0. The Labute approximate surface area is 88.1 Å². The van der Waals surface area contributed by atoms with E-state index in [0.29, 0.717) is 6.42 Å². The molecule has 0 radical (unpaired) electrons. The number of pyridine rings is 1. The summed E-state index contributed by atoms with van der Waals surface area (Å²) >= 11 is 0. The molecule has 1 fully saturated rings. The van der Waals surface area contributed by atoms with Gasteiger partial charge in [0.15, 0.2) is 0 Å². The van der Waals surface area contributed by atoms with Gasteiger partial charge in [0.25, 0.3) is 0 Å². The van der Waals surface area contributed by atoms with E-state index in [2.05, 4.69) is 15.6 Å². The van der Waals surface area contributed by atoms with Crippen molar-refractivity contribution >= 4 is 17.3 Å². The van der Waals surface area contributed by atoms with Crippen LogP contribution in [0.1, 0.15) is 25.7 Å². The quantitative estimate of drug-likeness (QED) is 0.675. The van der Waals surface area contributed by atoms with Gasteiger partial charge in [0.1, 0.15) is 0 Å². The van der Waals surface area contributed by atoms with Crippen LogP contribution in [0, 0.1) is 0 Å². The minimum atomic E-state index is 0.0106. The van der Waals surface area contributed by atoms with Crippen molar-refractivity contribution in [2.24, 2.45) is 0 Å². The fourth-order valence-corrected chi connectivity index (χ4v) is 2.34. The van der Waals surface area contributed by atoms with Gasteiger partial charge >= 0.3 is 0 Å². The molecular weight excluding hydrogens is 190 g/mol. The average Bonchev–Trinajstić information content (AvgIpc) is 2.32. The van der Waals surface area contributed by atoms with Gasteiger partial charge in [0.2, 0.25) is 5.91 Å². The fourth-order valence-electron chi connectivity index (χ4n) is 2.34. The zero-order valence-corrected chi connectivity index (χ0v) is 8.42. The van der Waals surface area contributed by atoms with Crippen LogP contribution in [-0.2, 0) is 4.79 Å². The highest BCUT2D eigenvalue weighted by Crippen LogP contribution is 2.41. The Morgan fingerprint density at radius 2 is 2.20 bits per heavy atom. The molecule has 4 nitrogen and oxygen atoms in total. The SMILES string of the molecule is O=C1CC2(CCC2)Nc2ccncc2N1. The first kappa shape index (κ1) is 8.71. The molecule has 3 rings (SSSR count). The summed E-state index contributed by atoms with van der Waals surface area (Å²) in [5, 5.41) is 6.36. The van der Waals surface area contributed by atoms with Crippen molar-refractivity contribution in [2.45, 2.75) is 31.2 Å². The van der Waals surface area contributed by atoms with E-state index in [9.17, 15) is 4.79 Å². The van der Waals surface area contributed by atoms with Crippen LogP contribution < -0.4 is 10.6 Å². The smallest absolute Gasteiger partial charge is 0.226 e. The summed E-state index contributed by atoms with van der Waals surface area (Å²) in [5.41, 5.74) is 1.80. The van der Waals surface area contributed by atoms with Crippen molar-refractivity contribution in [3.63, 3.8) is 0 Å². The second-order valence-electron chi connectivity index (χ2n) is 4.41. The maximum absolute atomic E-state index is 11.7. The summed E-state index contributed by atoms with van der Waals surface area (Å²) in [6.45, 7) is 0. The second kappa shape index (κ2) is 2.95. The van der Waals surface area contributed by atoms with E-state index in [1.54, 1.807) is 12.4 Å². The molecule has 2 N–H and O–H groups in total. The fraction of sp³-hybridized carbons (Fsp3) is 0.455. The van der Waals surface area contributed by atoms with Gasteiger partial charge in [0, 0.05) is 18.2 Å². The Morgan fingerprint density at radius 3 is 2.93 bits per heavy atom. The molecule has 1 aromatic rings. The second-order valence-corrected chi connectivity index (χ2v) is 4.41. The number of aromatic nitrogens is 1. The van der Waals surface area contributed by atoms with Gasteiger partial charge in [-0.3, -0.25) is 9.78 Å². The molecule has 1 spiro atoms. The lowest BCUT2D eigenvalue weighted by atomic mass is 9.74. The van der Waals surface area contributed by atoms with E-state index in [1.165, 1.54) is 6.42 Å². The van der Waals surface area contributed by atoms with E-state index in [-0.39, 0.29) is 11.4 Å². The zero-order chi connectivity index (χ0) is 10.3. The minimum Gasteiger partial charge on any atom is -0.377 e. The molecule has 0 aromatic carbocycles. The molecule has 1 aromatic heterocycles. The molecule has 0 bridgehead atoms. The van der Waals surface area contributed by atoms with Crippen LogP contribution in [0.2, 0.25) is 0 Å². The number of anilines is 2. The van der Waals surface area contributed by atoms with Gasteiger partial charge in [-0.2, -0.15) is 0 Å². The predicted octanol–water partition coefficient (Wildman–Crippen LogP) is 1.76. The molecule has 2 heterocycles. The molecule has 0 saturated heterocycles. The third kappa shape index (κ3) is 1.37. The van der Waals surface area contributed by atoms with Crippen molar-refractivity contribution in [2.75, 3.05) is 10.6 Å². The summed E-state index contributed by atoms with van der Waals surface area (Å²) in [6, 6.07) is 1.92. The molecule has 4 heteroatoms. The van der Waals surface area contributed by atoms with Crippen LogP contribution in [0.5, 0.6) is 0 Å². The number of carbonyl (C=O) groups excluding carboxylic acids is 1. The number of amides is 1. The summed E-state index contributed by atoms with van der Waals surface area (Å²) in [6.07, 6.45) is 7.39. The Hall–Kier alpha value is -1.58. The molecule has 1 saturated carbocycles. The highest BCUT2D eigenvalue weighted by Gasteiger charge is 2.40. The third-order valence-corrected chi connectivity index (χ3v) is 3.30. The van der Waals surface area contributed by atoms with Gasteiger partial charge in [0.05, 0.1) is 17.6 Å². The first-order valence-corrected chi connectivity index (χ1v) is 5.30. The van der Waals surface area contributed by atoms with E-state index < -0.39 is 0 Å². The molecular formula is C11H13N3O. The number of hydrogen-bond acceptors (Lipinski definition) is 3. The summed E-state index contributed by atoms with van der Waals surface area (Å²) in [4.78, 5) is 15.7. The lowest BCUT2D eigenvalue weighted by Gasteiger charge is -2.41. The van der Waals surface area contributed by atoms with E-state index >= 15 is 0 Å². The third-order valence-electron chi connectivity index (χ3n) is 3.30. The highest BCUT2D eigenvalue weighted by molar-refractivity contribution is 5.96. The summed E-state index contributed by atoms with van der Waals surface area (Å²) < 4.78 is 0. The van der Waals surface area contributed by atoms with E-state index in [4.69, 9.17) is 0 Å². The van der Waals surface area contributed by atoms with Gasteiger partial charge in [-0.25, -0.2) is 0 Å². The summed E-state index contributed by atoms with van der Waals surface area (Å²) in [5.74, 6) is 0.0916. The molecule has 0 atom stereocenters. The highest BCUT2D eigenvalue weighted by atomic mass is 16.1. The molecule has 1 aliphatic heterocycles. The van der Waals surface area contributed by atoms with Gasteiger partial charge in [-0.05, 0) is 25.3 Å². The van der Waals surface area contributed by atoms with E-state index in [1.807, 2.05) is 6.07 Å². The van der Waals surface area contributed by atoms with Gasteiger partial charge < -0.3 is 10.6 Å². The van der Waals surface area contributed by atoms with Crippen LogP contribution in [-0.4, -0.2) is 16.4 Å². The number of hydrogen-bond donors (Lipinski definition) is 2. The number of carbonyl (C=O) groups is 1. The zero-order valence-electron chi connectivity index (χ0n) is 8.42. The Kier molecular flexibility index (Phi) is 1.71. The first-order chi connectivity index (χ1) is 7.27. The van der Waals surface area contributed by atoms with Crippen LogP contribution in [0.4, 0.5) is 11.4 Å². The lowest BCUT2D eigenvalue weighted by Crippen LogP contribution is -2.46. The molecule has 2 aliphatic rings. The van der Waals surface area contributed by atoms with Crippen molar-refractivity contribution in [1.82, 2.24) is 4.98 Å². The topological polar surface area (TPSA) is 54.0 Å². The Bertz CT molecular complexity index is 412. The number of rotatable bonds is 0. The van der Waals surface area contributed by atoms with Crippen LogP contribution in [0.25, 0.3) is 0 Å². The largest absolute Gasteiger partial charge is 0.377 e. The van der Waals surface area contributed by atoms with Crippen LogP contribution in [0.3, 0.4) is 0 Å². The first-order valence-electron chi connectivity index (χ1n) is 5.30. The van der Waals surface area contributed by atoms with Gasteiger partial charge in [-0.1, -0.05) is 0 Å². The molecule has 15 heavy (non-hydrogen) atoms. The summed E-state index contributed by atoms with van der Waals surface area (Å²) in [7, 11) is 0. The molecule has 1 amide bonds. The Balaban J connectivity index is 2.01. The number of nitrogens with zero attached hydrogens (tertiary/aromatic N) is 1. The molecule has 1 aliphatic carbocycles. The van der Waals surface area contributed by atoms with Crippen molar-refractivity contribution in [1.29, 1.82) is 0 Å². The standard InChI is InChI=1S/C11H13N3O/c15-10-6-11(3-1-4-11)14-8-2-5-12-7-9(8)13-10/h2,5,7,14H,1,3-4,6H2,(H,13,15). The maximum Gasteiger partial charge on any atom is 0.226 e. The number of nitrogens with one attached hydrogen (secondary N) is 2. The average molecular weight is 203 g/mol. The van der Waals surface area contributed by atoms with Crippen LogP contribution >= 0.6 is 0 Å². The van der Waals surface area contributed by atoms with Gasteiger partial charge in [-0.15, -0.1) is 0 Å². The van der Waals surface area contributed by atoms with E-state index in [0.717, 1.165) is 24.2 Å². The van der Waals surface area contributed by atoms with Crippen molar-refractivity contribution in [3.05, 3.63) is 18.5 Å². The molecule has 78 valence electrons. The maximum atomic E-state index is 11.7. The lowest BCUT2D eigenvalue weighted by molar-refractivity contribution is -0.117. The Morgan fingerprint density at radius 1 is 1.33 bits per heavy atom. The van der Waals surface area contributed by atoms with Crippen molar-refractivity contribution < 1.29 is 4.79 Å². The molecule has 0 unspecified atom stereocenters.